The van der Waals surface area contributed by atoms with Gasteiger partial charge in [0.2, 0.25) is 5.91 Å². The topological polar surface area (TPSA) is 221 Å². The van der Waals surface area contributed by atoms with Crippen molar-refractivity contribution in [3.8, 4) is 17.6 Å². The molecule has 4 fully saturated rings. The lowest BCUT2D eigenvalue weighted by Gasteiger charge is -2.54. The molecule has 4 aliphatic heterocycles. The van der Waals surface area contributed by atoms with Crippen molar-refractivity contribution in [2.75, 3.05) is 44.4 Å². The highest BCUT2D eigenvalue weighted by molar-refractivity contribution is 6.32. The molecule has 3 saturated heterocycles. The van der Waals surface area contributed by atoms with Gasteiger partial charge in [-0.15, -0.1) is 10.2 Å². The Hall–Kier alpha value is -6.58. The minimum absolute atomic E-state index is 0.00106. The first-order valence-electron chi connectivity index (χ1n) is 21.6. The number of aromatic nitrogens is 3. The Labute approximate surface area is 372 Å². The fourth-order valence-corrected chi connectivity index (χ4v) is 9.97. The number of piperidine rings is 2. The van der Waals surface area contributed by atoms with E-state index in [-0.39, 0.29) is 65.8 Å². The molecule has 1 spiro atoms. The van der Waals surface area contributed by atoms with Crippen LogP contribution in [0.4, 0.5) is 5.82 Å². The Balaban J connectivity index is 0.727. The van der Waals surface area contributed by atoms with E-state index in [4.69, 9.17) is 26.3 Å². The second-order valence-corrected chi connectivity index (χ2v) is 17.5. The van der Waals surface area contributed by atoms with Crippen molar-refractivity contribution in [3.63, 3.8) is 0 Å². The summed E-state index contributed by atoms with van der Waals surface area (Å²) in [5, 5.41) is 31.2. The summed E-state index contributed by atoms with van der Waals surface area (Å²) in [5.74, 6) is -1.33. The number of hydrogen-bond acceptors (Lipinski definition) is 13. The average molecular weight is 892 g/mol. The van der Waals surface area contributed by atoms with Crippen molar-refractivity contribution in [3.05, 3.63) is 76.1 Å². The van der Waals surface area contributed by atoms with Crippen LogP contribution in [0.5, 0.6) is 11.5 Å². The van der Waals surface area contributed by atoms with E-state index in [1.165, 1.54) is 0 Å². The van der Waals surface area contributed by atoms with Crippen LogP contribution in [0.1, 0.15) is 95.2 Å². The van der Waals surface area contributed by atoms with Gasteiger partial charge in [-0.1, -0.05) is 11.6 Å². The van der Waals surface area contributed by atoms with E-state index >= 15 is 0 Å². The lowest BCUT2D eigenvalue weighted by atomic mass is 9.72. The number of likely N-dealkylation sites (tertiary alicyclic amines) is 2. The maximum absolute atomic E-state index is 13.7. The van der Waals surface area contributed by atoms with Crippen molar-refractivity contribution in [2.45, 2.75) is 83.0 Å². The summed E-state index contributed by atoms with van der Waals surface area (Å²) in [5.41, 5.74) is 1.54. The van der Waals surface area contributed by atoms with Crippen LogP contribution in [0.2, 0.25) is 5.02 Å². The number of amides is 6. The van der Waals surface area contributed by atoms with E-state index in [2.05, 4.69) is 20.4 Å². The van der Waals surface area contributed by atoms with E-state index in [0.29, 0.717) is 63.3 Å². The van der Waals surface area contributed by atoms with Gasteiger partial charge >= 0.3 is 0 Å². The van der Waals surface area contributed by atoms with Gasteiger partial charge in [0, 0.05) is 68.1 Å². The first-order chi connectivity index (χ1) is 30.9. The number of nitrogens with zero attached hydrogens (tertiary/aromatic N) is 8. The van der Waals surface area contributed by atoms with Gasteiger partial charge in [-0.3, -0.25) is 38.6 Å². The zero-order valence-electron chi connectivity index (χ0n) is 35.1. The number of halogens is 1. The molecule has 9 rings (SSSR count). The molecule has 6 heterocycles. The molecule has 0 radical (unpaired) electrons. The molecule has 1 aliphatic carbocycles. The quantitative estimate of drug-likeness (QED) is 0.206. The van der Waals surface area contributed by atoms with Gasteiger partial charge in [-0.05, 0) is 88.3 Å². The average Bonchev–Trinajstić information content (AvgIpc) is 3.75. The molecule has 1 unspecified atom stereocenters. The molecule has 1 saturated carbocycles. The van der Waals surface area contributed by atoms with Crippen molar-refractivity contribution in [1.29, 1.82) is 5.26 Å². The van der Waals surface area contributed by atoms with Gasteiger partial charge in [0.15, 0.2) is 18.1 Å². The number of nitrogens with one attached hydrogen (secondary N) is 1. The second-order valence-electron chi connectivity index (χ2n) is 17.1. The zero-order valence-corrected chi connectivity index (χ0v) is 35.9. The third kappa shape index (κ3) is 7.76. The number of anilines is 1. The molecule has 2 aromatic carbocycles. The number of hydrogen-bond donors (Lipinski definition) is 2. The van der Waals surface area contributed by atoms with Gasteiger partial charge in [0.05, 0.1) is 27.8 Å². The van der Waals surface area contributed by atoms with Crippen LogP contribution in [-0.4, -0.2) is 128 Å². The highest BCUT2D eigenvalue weighted by atomic mass is 35.5. The molecule has 2 N–H and O–H groups in total. The standard InChI is InChI=1S/C45H46ClN9O9/c1-2-53-35-20-29(9-10-31(35)39-40(53)44(62)55(43(39)61)34-12-14-37(57)54(25-56)42(34)60)63-22-38(58)52-23-45(24-52)15-17-51(18-16-45)36-13-11-33(49-50-36)41(59)48-27-4-7-28(8-5-27)64-30-6-3-26(21-47)32(46)19-30/h3,6,9-11,13,19-20,27-28,34,56H,2,4-5,7-8,12,14-18,22-25H2,1H3,(H,48,59). The number of ether oxygens (including phenoxy) is 2. The summed E-state index contributed by atoms with van der Waals surface area (Å²) in [6.45, 7) is 3.85. The van der Waals surface area contributed by atoms with Crippen LogP contribution in [0.3, 0.4) is 0 Å². The molecule has 4 aromatic rings. The molecule has 2 aromatic heterocycles. The van der Waals surface area contributed by atoms with Gasteiger partial charge < -0.3 is 34.3 Å². The Bertz CT molecular complexity index is 2600. The van der Waals surface area contributed by atoms with Gasteiger partial charge in [0.25, 0.3) is 29.5 Å². The third-order valence-corrected chi connectivity index (χ3v) is 13.6. The Morgan fingerprint density at radius 3 is 2.38 bits per heavy atom. The van der Waals surface area contributed by atoms with Crippen LogP contribution < -0.4 is 19.7 Å². The molecule has 6 amide bonds. The fourth-order valence-electron chi connectivity index (χ4n) is 9.76. The molecule has 5 aliphatic rings. The Kier molecular flexibility index (Phi) is 11.5. The van der Waals surface area contributed by atoms with Crippen LogP contribution >= 0.6 is 11.6 Å². The van der Waals surface area contributed by atoms with E-state index < -0.39 is 36.4 Å². The minimum Gasteiger partial charge on any atom is -0.490 e. The van der Waals surface area contributed by atoms with Crippen molar-refractivity contribution in [1.82, 2.24) is 34.8 Å². The minimum atomic E-state index is -1.19. The molecule has 19 heteroatoms. The number of rotatable bonds is 11. The van der Waals surface area contributed by atoms with Crippen molar-refractivity contribution in [2.24, 2.45) is 5.41 Å². The van der Waals surface area contributed by atoms with E-state index in [1.807, 2.05) is 19.1 Å². The first kappa shape index (κ1) is 42.7. The maximum atomic E-state index is 13.7. The lowest BCUT2D eigenvalue weighted by Crippen LogP contribution is -2.62. The molecule has 0 bridgehead atoms. The van der Waals surface area contributed by atoms with Crippen LogP contribution in [0.25, 0.3) is 10.9 Å². The Morgan fingerprint density at radius 1 is 0.953 bits per heavy atom. The molecular formula is C45H46ClN9O9. The van der Waals surface area contributed by atoms with E-state index in [9.17, 15) is 33.9 Å². The van der Waals surface area contributed by atoms with Crippen molar-refractivity contribution < 1.29 is 43.3 Å². The largest absolute Gasteiger partial charge is 0.490 e. The van der Waals surface area contributed by atoms with Crippen LogP contribution in [-0.2, 0) is 20.9 Å². The third-order valence-electron chi connectivity index (χ3n) is 13.3. The van der Waals surface area contributed by atoms with Crippen LogP contribution in [0, 0.1) is 16.7 Å². The highest BCUT2D eigenvalue weighted by Crippen LogP contribution is 2.42. The summed E-state index contributed by atoms with van der Waals surface area (Å²) in [4.78, 5) is 84.3. The summed E-state index contributed by atoms with van der Waals surface area (Å²) >= 11 is 6.14. The number of fused-ring (bicyclic) bond motifs is 3. The number of imide groups is 2. The van der Waals surface area contributed by atoms with Crippen molar-refractivity contribution >= 4 is 63.8 Å². The molecule has 1 atom stereocenters. The monoisotopic (exact) mass is 891 g/mol. The number of nitriles is 1. The van der Waals surface area contributed by atoms with E-state index in [1.54, 1.807) is 51.9 Å². The molecular weight excluding hydrogens is 846 g/mol. The number of aliphatic hydroxyl groups excluding tert-OH is 1. The molecule has 18 nitrogen and oxygen atoms in total. The zero-order chi connectivity index (χ0) is 44.9. The maximum Gasteiger partial charge on any atom is 0.278 e. The van der Waals surface area contributed by atoms with Crippen LogP contribution in [0.15, 0.2) is 48.5 Å². The SMILES string of the molecule is CCn1c2c(c3ccc(OCC(=O)N4CC5(CCN(c6ccc(C(=O)NC7CCC(Oc8ccc(C#N)c(Cl)c8)CC7)nn6)CC5)C4)cc31)C(=O)N(C1CCC(=O)N(CO)C1=O)C2=O. The number of aliphatic hydroxyl groups is 1. The number of aryl methyl sites for hydroxylation is 1. The predicted octanol–water partition coefficient (Wildman–Crippen LogP) is 3.67. The van der Waals surface area contributed by atoms with Gasteiger partial charge in [-0.2, -0.15) is 5.26 Å². The number of carbonyl (C=O) groups is 6. The molecule has 64 heavy (non-hydrogen) atoms. The van der Waals surface area contributed by atoms with Gasteiger partial charge in [0.1, 0.15) is 36.0 Å². The number of benzene rings is 2. The summed E-state index contributed by atoms with van der Waals surface area (Å²) in [6, 6.07) is 14.4. The lowest BCUT2D eigenvalue weighted by molar-refractivity contribution is -0.156. The smallest absolute Gasteiger partial charge is 0.278 e. The summed E-state index contributed by atoms with van der Waals surface area (Å²) in [7, 11) is 0. The predicted molar refractivity (Wildman–Crippen MR) is 228 cm³/mol. The fraction of sp³-hybridized carbons (Fsp3) is 0.444. The summed E-state index contributed by atoms with van der Waals surface area (Å²) in [6.07, 6.45) is 4.66. The molecule has 332 valence electrons. The first-order valence-corrected chi connectivity index (χ1v) is 21.9. The van der Waals surface area contributed by atoms with E-state index in [0.717, 1.165) is 56.5 Å². The van der Waals surface area contributed by atoms with Gasteiger partial charge in [-0.25, -0.2) is 0 Å². The normalized spacial score (nSPS) is 21.8. The Morgan fingerprint density at radius 2 is 1.70 bits per heavy atom. The second kappa shape index (κ2) is 17.2. The summed E-state index contributed by atoms with van der Waals surface area (Å²) < 4.78 is 13.7. The number of carbonyl (C=O) groups excluding carboxylic acids is 6. The highest BCUT2D eigenvalue weighted by Gasteiger charge is 2.50.